The Morgan fingerprint density at radius 1 is 1.12 bits per heavy atom. The van der Waals surface area contributed by atoms with Crippen molar-refractivity contribution in [3.63, 3.8) is 0 Å². The number of aliphatic hydroxyl groups excluding tert-OH is 1. The standard InChI is InChI=1S/C20H20N2O3/c1-22-18(12-15-9-5-6-10-17(15)20(22)25)19(24)21-16(13-23)11-14-7-3-2-4-8-14/h2-10,12,16,23H,11,13H2,1H3,(H,21,24). The van der Waals surface area contributed by atoms with Gasteiger partial charge in [0, 0.05) is 12.4 Å². The van der Waals surface area contributed by atoms with Gasteiger partial charge in [0.2, 0.25) is 0 Å². The Morgan fingerprint density at radius 3 is 2.52 bits per heavy atom. The number of rotatable bonds is 5. The van der Waals surface area contributed by atoms with Crippen LogP contribution in [0.15, 0.2) is 65.5 Å². The Hall–Kier alpha value is -2.92. The van der Waals surface area contributed by atoms with Crippen molar-refractivity contribution < 1.29 is 9.90 Å². The fraction of sp³-hybridized carbons (Fsp3) is 0.200. The summed E-state index contributed by atoms with van der Waals surface area (Å²) >= 11 is 0. The number of aromatic nitrogens is 1. The highest BCUT2D eigenvalue weighted by Gasteiger charge is 2.17. The van der Waals surface area contributed by atoms with Crippen LogP contribution in [-0.4, -0.2) is 28.2 Å². The zero-order chi connectivity index (χ0) is 17.8. The number of benzene rings is 2. The lowest BCUT2D eigenvalue weighted by atomic mass is 10.1. The first-order valence-corrected chi connectivity index (χ1v) is 8.14. The van der Waals surface area contributed by atoms with Gasteiger partial charge in [0.25, 0.3) is 11.5 Å². The minimum Gasteiger partial charge on any atom is -0.394 e. The zero-order valence-electron chi connectivity index (χ0n) is 14.0. The molecule has 5 nitrogen and oxygen atoms in total. The van der Waals surface area contributed by atoms with E-state index in [2.05, 4.69) is 5.32 Å². The molecule has 0 radical (unpaired) electrons. The van der Waals surface area contributed by atoms with Gasteiger partial charge in [0.05, 0.1) is 12.6 Å². The number of amides is 1. The molecule has 0 aliphatic rings. The van der Waals surface area contributed by atoms with Gasteiger partial charge in [0.15, 0.2) is 0 Å². The fourth-order valence-electron chi connectivity index (χ4n) is 2.89. The van der Waals surface area contributed by atoms with Crippen molar-refractivity contribution in [3.8, 4) is 0 Å². The molecule has 1 unspecified atom stereocenters. The van der Waals surface area contributed by atoms with Crippen LogP contribution in [0, 0.1) is 0 Å². The minimum atomic E-state index is -0.420. The van der Waals surface area contributed by atoms with E-state index in [1.807, 2.05) is 36.4 Å². The molecule has 1 atom stereocenters. The van der Waals surface area contributed by atoms with Crippen LogP contribution in [0.2, 0.25) is 0 Å². The lowest BCUT2D eigenvalue weighted by Gasteiger charge is -2.18. The van der Waals surface area contributed by atoms with E-state index in [0.29, 0.717) is 11.8 Å². The Morgan fingerprint density at radius 2 is 1.80 bits per heavy atom. The second kappa shape index (κ2) is 7.32. The van der Waals surface area contributed by atoms with Crippen LogP contribution < -0.4 is 10.9 Å². The summed E-state index contributed by atoms with van der Waals surface area (Å²) in [5.74, 6) is -0.375. The molecule has 0 saturated heterocycles. The SMILES string of the molecule is Cn1c(C(=O)NC(CO)Cc2ccccc2)cc2ccccc2c1=O. The number of aliphatic hydroxyl groups is 1. The van der Waals surface area contributed by atoms with Crippen LogP contribution in [0.3, 0.4) is 0 Å². The molecule has 0 aliphatic carbocycles. The van der Waals surface area contributed by atoms with Crippen LogP contribution in [0.5, 0.6) is 0 Å². The predicted molar refractivity (Wildman–Crippen MR) is 97.7 cm³/mol. The van der Waals surface area contributed by atoms with E-state index in [4.69, 9.17) is 0 Å². The number of fused-ring (bicyclic) bond motifs is 1. The molecule has 3 rings (SSSR count). The maximum Gasteiger partial charge on any atom is 0.268 e. The Bertz CT molecular complexity index is 948. The Labute approximate surface area is 145 Å². The van der Waals surface area contributed by atoms with Gasteiger partial charge in [-0.05, 0) is 29.5 Å². The molecule has 0 spiro atoms. The lowest BCUT2D eigenvalue weighted by molar-refractivity contribution is 0.0907. The second-order valence-electron chi connectivity index (χ2n) is 6.02. The largest absolute Gasteiger partial charge is 0.394 e. The van der Waals surface area contributed by atoms with E-state index in [0.717, 1.165) is 10.9 Å². The molecule has 1 amide bonds. The molecule has 3 aromatic rings. The molecular weight excluding hydrogens is 316 g/mol. The van der Waals surface area contributed by atoms with Crippen LogP contribution in [-0.2, 0) is 13.5 Å². The first kappa shape index (κ1) is 16.9. The Balaban J connectivity index is 1.86. The number of hydrogen-bond acceptors (Lipinski definition) is 3. The molecule has 0 bridgehead atoms. The highest BCUT2D eigenvalue weighted by molar-refractivity contribution is 5.96. The van der Waals surface area contributed by atoms with E-state index in [-0.39, 0.29) is 23.8 Å². The summed E-state index contributed by atoms with van der Waals surface area (Å²) in [7, 11) is 1.58. The van der Waals surface area contributed by atoms with Crippen molar-refractivity contribution in [1.82, 2.24) is 9.88 Å². The van der Waals surface area contributed by atoms with Gasteiger partial charge in [-0.2, -0.15) is 0 Å². The fourth-order valence-corrected chi connectivity index (χ4v) is 2.89. The zero-order valence-corrected chi connectivity index (χ0v) is 14.0. The van der Waals surface area contributed by atoms with Crippen LogP contribution >= 0.6 is 0 Å². The average Bonchev–Trinajstić information content (AvgIpc) is 2.64. The molecule has 2 N–H and O–H groups in total. The summed E-state index contributed by atoms with van der Waals surface area (Å²) < 4.78 is 1.34. The van der Waals surface area contributed by atoms with Crippen molar-refractivity contribution in [3.05, 3.63) is 82.3 Å². The van der Waals surface area contributed by atoms with Crippen LogP contribution in [0.25, 0.3) is 10.8 Å². The number of nitrogens with zero attached hydrogens (tertiary/aromatic N) is 1. The normalized spacial score (nSPS) is 12.1. The third kappa shape index (κ3) is 3.61. The van der Waals surface area contributed by atoms with Crippen molar-refractivity contribution in [1.29, 1.82) is 0 Å². The average molecular weight is 336 g/mol. The number of carbonyl (C=O) groups is 1. The third-order valence-electron chi connectivity index (χ3n) is 4.26. The van der Waals surface area contributed by atoms with Crippen molar-refractivity contribution >= 4 is 16.7 Å². The van der Waals surface area contributed by atoms with E-state index in [1.54, 1.807) is 31.3 Å². The van der Waals surface area contributed by atoms with Gasteiger partial charge in [-0.15, -0.1) is 0 Å². The van der Waals surface area contributed by atoms with Crippen molar-refractivity contribution in [2.75, 3.05) is 6.61 Å². The number of nitrogens with one attached hydrogen (secondary N) is 1. The monoisotopic (exact) mass is 336 g/mol. The Kier molecular flexibility index (Phi) is 4.95. The summed E-state index contributed by atoms with van der Waals surface area (Å²) in [6.45, 7) is -0.178. The first-order valence-electron chi connectivity index (χ1n) is 8.14. The summed E-state index contributed by atoms with van der Waals surface area (Å²) in [6.07, 6.45) is 0.518. The number of carbonyl (C=O) groups excluding carboxylic acids is 1. The highest BCUT2D eigenvalue weighted by Crippen LogP contribution is 2.12. The maximum absolute atomic E-state index is 12.6. The van der Waals surface area contributed by atoms with Crippen LogP contribution in [0.1, 0.15) is 16.1 Å². The molecule has 25 heavy (non-hydrogen) atoms. The maximum atomic E-state index is 12.6. The van der Waals surface area contributed by atoms with Crippen LogP contribution in [0.4, 0.5) is 0 Å². The van der Waals surface area contributed by atoms with Gasteiger partial charge in [0.1, 0.15) is 5.69 Å². The number of hydrogen-bond donors (Lipinski definition) is 2. The van der Waals surface area contributed by atoms with E-state index in [1.165, 1.54) is 4.57 Å². The molecular formula is C20H20N2O3. The molecule has 2 aromatic carbocycles. The molecule has 0 fully saturated rings. The summed E-state index contributed by atoms with van der Waals surface area (Å²) in [4.78, 5) is 25.1. The van der Waals surface area contributed by atoms with Gasteiger partial charge in [-0.3, -0.25) is 9.59 Å². The smallest absolute Gasteiger partial charge is 0.268 e. The molecule has 1 aromatic heterocycles. The molecule has 1 heterocycles. The van der Waals surface area contributed by atoms with Gasteiger partial charge < -0.3 is 15.0 Å². The quantitative estimate of drug-likeness (QED) is 0.747. The summed E-state index contributed by atoms with van der Waals surface area (Å²) in [5.41, 5.74) is 1.08. The summed E-state index contributed by atoms with van der Waals surface area (Å²) in [5, 5.41) is 13.7. The first-order chi connectivity index (χ1) is 12.1. The van der Waals surface area contributed by atoms with E-state index >= 15 is 0 Å². The predicted octanol–water partition coefficient (Wildman–Crippen LogP) is 1.87. The second-order valence-corrected chi connectivity index (χ2v) is 6.02. The van der Waals surface area contributed by atoms with Crippen molar-refractivity contribution in [2.45, 2.75) is 12.5 Å². The van der Waals surface area contributed by atoms with E-state index in [9.17, 15) is 14.7 Å². The summed E-state index contributed by atoms with van der Waals surface area (Å²) in [6, 6.07) is 18.1. The van der Waals surface area contributed by atoms with Gasteiger partial charge >= 0.3 is 0 Å². The topological polar surface area (TPSA) is 71.3 Å². The van der Waals surface area contributed by atoms with E-state index < -0.39 is 6.04 Å². The molecule has 5 heteroatoms. The third-order valence-corrected chi connectivity index (χ3v) is 4.26. The molecule has 0 saturated carbocycles. The van der Waals surface area contributed by atoms with Gasteiger partial charge in [-0.1, -0.05) is 48.5 Å². The van der Waals surface area contributed by atoms with Gasteiger partial charge in [-0.25, -0.2) is 0 Å². The van der Waals surface area contributed by atoms with Crippen molar-refractivity contribution in [2.24, 2.45) is 7.05 Å². The minimum absolute atomic E-state index is 0.178. The number of pyridine rings is 1. The molecule has 0 aliphatic heterocycles. The molecule has 128 valence electrons. The lowest BCUT2D eigenvalue weighted by Crippen LogP contribution is -2.41. The highest BCUT2D eigenvalue weighted by atomic mass is 16.3.